The Kier molecular flexibility index (Phi) is 16.1. The van der Waals surface area contributed by atoms with E-state index in [1.165, 1.54) is 48.5 Å². The molecule has 3 aliphatic rings. The molecule has 0 fully saturated rings. The molecular formula is C51H57FN8O12. The zero-order valence-electron chi connectivity index (χ0n) is 40.6. The van der Waals surface area contributed by atoms with Gasteiger partial charge in [-0.2, -0.15) is 0 Å². The second kappa shape index (κ2) is 22.2. The fraction of sp³-hybridized carbons (Fsp3) is 0.412. The molecule has 0 radical (unpaired) electrons. The van der Waals surface area contributed by atoms with Gasteiger partial charge in [-0.15, -0.1) is 0 Å². The number of imide groups is 1. The number of nitrogens with zero attached hydrogens (tertiary/aromatic N) is 4. The summed E-state index contributed by atoms with van der Waals surface area (Å²) < 4.78 is 27.6. The van der Waals surface area contributed by atoms with Crippen LogP contribution in [0, 0.1) is 12.7 Å². The van der Waals surface area contributed by atoms with Crippen molar-refractivity contribution >= 4 is 58.2 Å². The molecule has 5 N–H and O–H groups in total. The molecule has 21 heteroatoms. The predicted octanol–water partition coefficient (Wildman–Crippen LogP) is 2.15. The number of fused-ring (bicyclic) bond motifs is 5. The van der Waals surface area contributed by atoms with Crippen molar-refractivity contribution in [1.82, 2.24) is 40.6 Å². The first-order chi connectivity index (χ1) is 34.3. The number of rotatable bonds is 21. The summed E-state index contributed by atoms with van der Waals surface area (Å²) in [5.41, 5.74) is 0.856. The highest BCUT2D eigenvalue weighted by Crippen LogP contribution is 2.41. The van der Waals surface area contributed by atoms with Crippen molar-refractivity contribution in [2.24, 2.45) is 0 Å². The SMILES string of the molecule is CC[C@@]1(O)C(=O)OCc2c1cc1n(c2=O)Cc2c-1nc1cc(F)c(C)cc1c2CN(Cc1ccccc1)C(=O)COCNC(=O)[C@H](C)NC(=O)[C@@H](C)NC(=O)[C@H](C)NC(=O)CCCCCN1C(=O)C=CC1=O. The third-order valence-corrected chi connectivity index (χ3v) is 13.0. The molecule has 0 saturated heterocycles. The second-order valence-electron chi connectivity index (χ2n) is 18.1. The van der Waals surface area contributed by atoms with E-state index in [1.807, 2.05) is 30.3 Å². The molecule has 4 atom stereocenters. The maximum atomic E-state index is 15.2. The Balaban J connectivity index is 0.951. The number of nitrogens with one attached hydrogen (secondary N) is 4. The Hall–Kier alpha value is -7.65. The number of halogens is 1. The van der Waals surface area contributed by atoms with Gasteiger partial charge in [0.15, 0.2) is 5.60 Å². The lowest BCUT2D eigenvalue weighted by molar-refractivity contribution is -0.172. The number of amides is 7. The first-order valence-electron chi connectivity index (χ1n) is 23.7. The molecule has 4 aromatic rings. The van der Waals surface area contributed by atoms with E-state index in [2.05, 4.69) is 21.3 Å². The summed E-state index contributed by atoms with van der Waals surface area (Å²) in [6, 6.07) is 10.5. The minimum atomic E-state index is -2.07. The number of esters is 1. The molecule has 2 aromatic heterocycles. The minimum Gasteiger partial charge on any atom is -0.458 e. The van der Waals surface area contributed by atoms with Crippen molar-refractivity contribution in [2.75, 3.05) is 19.9 Å². The standard InChI is InChI=1S/C51H57FN8O12/c1-6-51(70)37-20-40-45-35(24-60(40)49(68)36(37)25-72-50(51)69)34(33-19-28(2)38(52)21-39(33)57-45)23-58(22-32-13-9-7-10-14-32)44(64)26-71-27-53-46(65)29(3)55-48(67)31(5)56-47(66)30(4)54-41(61)15-11-8-12-18-59-42(62)16-17-43(59)63/h7,9-10,13-14,16-17,19-21,29-31,70H,6,8,11-12,15,18,22-27H2,1-5H3,(H,53,65)(H,54,61)(H,55,67)(H,56,66)/t29-,30-,31+,51-/m0/s1. The molecule has 0 spiro atoms. The van der Waals surface area contributed by atoms with Crippen molar-refractivity contribution in [1.29, 1.82) is 0 Å². The van der Waals surface area contributed by atoms with E-state index in [9.17, 15) is 48.3 Å². The van der Waals surface area contributed by atoms with Crippen LogP contribution in [0.2, 0.25) is 0 Å². The van der Waals surface area contributed by atoms with Crippen LogP contribution in [0.25, 0.3) is 22.3 Å². The smallest absolute Gasteiger partial charge is 0.343 e. The van der Waals surface area contributed by atoms with Crippen LogP contribution in [0.1, 0.15) is 93.2 Å². The Morgan fingerprint density at radius 2 is 1.54 bits per heavy atom. The average Bonchev–Trinajstić information content (AvgIpc) is 3.89. The Morgan fingerprint density at radius 3 is 2.22 bits per heavy atom. The molecule has 380 valence electrons. The monoisotopic (exact) mass is 992 g/mol. The van der Waals surface area contributed by atoms with Crippen LogP contribution < -0.4 is 26.8 Å². The maximum Gasteiger partial charge on any atom is 0.343 e. The number of benzene rings is 2. The van der Waals surface area contributed by atoms with Gasteiger partial charge < -0.3 is 45.3 Å². The average molecular weight is 993 g/mol. The first-order valence-corrected chi connectivity index (χ1v) is 23.7. The third kappa shape index (κ3) is 11.3. The fourth-order valence-corrected chi connectivity index (χ4v) is 8.77. The van der Waals surface area contributed by atoms with E-state index >= 15 is 4.39 Å². The Morgan fingerprint density at radius 1 is 0.875 bits per heavy atom. The van der Waals surface area contributed by atoms with Gasteiger partial charge in [0.05, 0.1) is 29.0 Å². The summed E-state index contributed by atoms with van der Waals surface area (Å²) in [5.74, 6) is -4.99. The predicted molar refractivity (Wildman–Crippen MR) is 256 cm³/mol. The number of unbranched alkanes of at least 4 members (excludes halogenated alkanes) is 2. The number of cyclic esters (lactones) is 1. The molecule has 7 amide bonds. The fourth-order valence-electron chi connectivity index (χ4n) is 8.77. The zero-order chi connectivity index (χ0) is 52.0. The number of aryl methyl sites for hydroxylation is 1. The number of carbonyl (C=O) groups excluding carboxylic acids is 8. The van der Waals surface area contributed by atoms with E-state index < -0.39 is 83.9 Å². The summed E-state index contributed by atoms with van der Waals surface area (Å²) in [6.45, 7) is 6.57. The van der Waals surface area contributed by atoms with Gasteiger partial charge in [-0.1, -0.05) is 43.7 Å². The molecule has 2 aromatic carbocycles. The van der Waals surface area contributed by atoms with Gasteiger partial charge >= 0.3 is 5.97 Å². The Bertz CT molecular complexity index is 2920. The van der Waals surface area contributed by atoms with Gasteiger partial charge in [-0.3, -0.25) is 43.3 Å². The highest BCUT2D eigenvalue weighted by atomic mass is 19.1. The van der Waals surface area contributed by atoms with E-state index in [1.54, 1.807) is 26.0 Å². The molecule has 3 aliphatic heterocycles. The van der Waals surface area contributed by atoms with Crippen LogP contribution in [0.4, 0.5) is 4.39 Å². The van der Waals surface area contributed by atoms with Crippen molar-refractivity contribution in [3.63, 3.8) is 0 Å². The van der Waals surface area contributed by atoms with Crippen LogP contribution in [-0.4, -0.2) is 110 Å². The molecule has 72 heavy (non-hydrogen) atoms. The summed E-state index contributed by atoms with van der Waals surface area (Å²) in [7, 11) is 0. The van der Waals surface area contributed by atoms with Gasteiger partial charge in [0, 0.05) is 60.8 Å². The summed E-state index contributed by atoms with van der Waals surface area (Å²) in [6.07, 6.45) is 4.03. The minimum absolute atomic E-state index is 0.0223. The molecule has 0 bridgehead atoms. The van der Waals surface area contributed by atoms with Gasteiger partial charge in [0.1, 0.15) is 43.9 Å². The number of ether oxygens (including phenoxy) is 2. The molecular weight excluding hydrogens is 936 g/mol. The lowest BCUT2D eigenvalue weighted by Crippen LogP contribution is -2.54. The molecule has 0 saturated carbocycles. The van der Waals surface area contributed by atoms with Crippen molar-refractivity contribution in [3.8, 4) is 11.4 Å². The van der Waals surface area contributed by atoms with Crippen LogP contribution in [-0.2, 0) is 79.7 Å². The van der Waals surface area contributed by atoms with Gasteiger partial charge in [-0.05, 0) is 75.8 Å². The zero-order valence-corrected chi connectivity index (χ0v) is 40.6. The van der Waals surface area contributed by atoms with Crippen LogP contribution in [0.5, 0.6) is 0 Å². The van der Waals surface area contributed by atoms with E-state index in [0.717, 1.165) is 10.5 Å². The summed E-state index contributed by atoms with van der Waals surface area (Å²) >= 11 is 0. The number of carbonyl (C=O) groups is 8. The quantitative estimate of drug-likeness (QED) is 0.0306. The lowest BCUT2D eigenvalue weighted by atomic mass is 9.86. The van der Waals surface area contributed by atoms with E-state index in [0.29, 0.717) is 52.7 Å². The van der Waals surface area contributed by atoms with Crippen molar-refractivity contribution < 1.29 is 57.3 Å². The lowest BCUT2D eigenvalue weighted by Gasteiger charge is -2.31. The van der Waals surface area contributed by atoms with E-state index in [-0.39, 0.29) is 74.1 Å². The normalized spacial score (nSPS) is 16.8. The number of hydrogen-bond donors (Lipinski definition) is 5. The number of pyridine rings is 2. The largest absolute Gasteiger partial charge is 0.458 e. The maximum absolute atomic E-state index is 15.2. The molecule has 20 nitrogen and oxygen atoms in total. The number of aliphatic hydroxyl groups is 1. The molecule has 0 unspecified atom stereocenters. The number of hydrogen-bond acceptors (Lipinski definition) is 13. The highest BCUT2D eigenvalue weighted by Gasteiger charge is 2.45. The Labute approximate surface area is 413 Å². The van der Waals surface area contributed by atoms with Gasteiger partial charge in [0.25, 0.3) is 17.4 Å². The highest BCUT2D eigenvalue weighted by molar-refractivity contribution is 6.12. The second-order valence-corrected chi connectivity index (χ2v) is 18.1. The van der Waals surface area contributed by atoms with Gasteiger partial charge in [-0.25, -0.2) is 14.2 Å². The summed E-state index contributed by atoms with van der Waals surface area (Å²) in [5, 5.41) is 22.1. The van der Waals surface area contributed by atoms with Crippen LogP contribution >= 0.6 is 0 Å². The van der Waals surface area contributed by atoms with Gasteiger partial charge in [0.2, 0.25) is 29.5 Å². The van der Waals surface area contributed by atoms with Crippen molar-refractivity contribution in [2.45, 2.75) is 117 Å². The third-order valence-electron chi connectivity index (χ3n) is 13.0. The first kappa shape index (κ1) is 52.2. The van der Waals surface area contributed by atoms with Crippen LogP contribution in [0.3, 0.4) is 0 Å². The van der Waals surface area contributed by atoms with E-state index in [4.69, 9.17) is 14.5 Å². The molecule has 7 rings (SSSR count). The summed E-state index contributed by atoms with van der Waals surface area (Å²) in [4.78, 5) is 123. The molecule has 0 aliphatic carbocycles. The number of aromatic nitrogens is 2. The molecule has 5 heterocycles. The topological polar surface area (TPSA) is 265 Å². The van der Waals surface area contributed by atoms with Crippen molar-refractivity contribution in [3.05, 3.63) is 110 Å². The van der Waals surface area contributed by atoms with Crippen LogP contribution in [0.15, 0.2) is 65.5 Å².